The van der Waals surface area contributed by atoms with Crippen molar-refractivity contribution >= 4 is 39.1 Å². The van der Waals surface area contributed by atoms with Crippen molar-refractivity contribution in [2.75, 3.05) is 26.9 Å². The van der Waals surface area contributed by atoms with Gasteiger partial charge in [-0.3, -0.25) is 4.79 Å². The van der Waals surface area contributed by atoms with Crippen molar-refractivity contribution in [3.63, 3.8) is 0 Å². The van der Waals surface area contributed by atoms with E-state index in [0.29, 0.717) is 5.78 Å². The number of fused-ring (bicyclic) bond motifs is 4. The third-order valence-electron chi connectivity index (χ3n) is 4.76. The highest BCUT2D eigenvalue weighted by atomic mass is 32.2. The first-order valence-electron chi connectivity index (χ1n) is 8.72. The number of hydrogen-bond donors (Lipinski definition) is 0. The minimum Gasteiger partial charge on any atom is -0.309 e. The Hall–Kier alpha value is -1.38. The van der Waals surface area contributed by atoms with Crippen molar-refractivity contribution in [3.8, 4) is 0 Å². The van der Waals surface area contributed by atoms with Crippen LogP contribution in [0.1, 0.15) is 29.7 Å². The highest BCUT2D eigenvalue weighted by molar-refractivity contribution is 7.98. The summed E-state index contributed by atoms with van der Waals surface area (Å²) >= 11 is 3.21. The molecule has 0 saturated heterocycles. The van der Waals surface area contributed by atoms with Crippen LogP contribution >= 0.6 is 23.1 Å². The molecule has 6 nitrogen and oxygen atoms in total. The van der Waals surface area contributed by atoms with Gasteiger partial charge in [0.25, 0.3) is 5.56 Å². The number of thiophene rings is 1. The van der Waals surface area contributed by atoms with Gasteiger partial charge in [0, 0.05) is 11.4 Å². The Morgan fingerprint density at radius 2 is 2.08 bits per heavy atom. The Morgan fingerprint density at radius 1 is 1.28 bits per heavy atom. The summed E-state index contributed by atoms with van der Waals surface area (Å²) in [5.41, 5.74) is 1.30. The smallest absolute Gasteiger partial charge is 0.270 e. The molecule has 0 aliphatic heterocycles. The molecule has 8 heteroatoms. The molecule has 0 fully saturated rings. The van der Waals surface area contributed by atoms with Gasteiger partial charge in [0.05, 0.1) is 5.39 Å². The molecule has 0 bridgehead atoms. The van der Waals surface area contributed by atoms with E-state index in [1.165, 1.54) is 35.0 Å². The van der Waals surface area contributed by atoms with Gasteiger partial charge in [-0.05, 0) is 64.6 Å². The molecular weight excluding hydrogens is 354 g/mol. The molecule has 1 aliphatic carbocycles. The summed E-state index contributed by atoms with van der Waals surface area (Å²) in [5.74, 6) is 0.680. The molecule has 0 N–H and O–H groups in total. The van der Waals surface area contributed by atoms with Gasteiger partial charge in [-0.1, -0.05) is 11.8 Å². The Morgan fingerprint density at radius 3 is 2.84 bits per heavy atom. The first kappa shape index (κ1) is 17.1. The van der Waals surface area contributed by atoms with E-state index in [2.05, 4.69) is 24.1 Å². The number of nitrogens with zero attached hydrogens (tertiary/aromatic N) is 5. The molecule has 0 unspecified atom stereocenters. The van der Waals surface area contributed by atoms with E-state index in [0.717, 1.165) is 47.7 Å². The lowest BCUT2D eigenvalue weighted by molar-refractivity contribution is 0.381. The van der Waals surface area contributed by atoms with Crippen molar-refractivity contribution in [1.82, 2.24) is 24.1 Å². The molecule has 0 atom stereocenters. The van der Waals surface area contributed by atoms with Crippen LogP contribution in [0.4, 0.5) is 0 Å². The second-order valence-corrected chi connectivity index (χ2v) is 8.67. The molecule has 0 radical (unpaired) electrons. The monoisotopic (exact) mass is 377 g/mol. The van der Waals surface area contributed by atoms with E-state index in [-0.39, 0.29) is 5.56 Å². The zero-order chi connectivity index (χ0) is 17.6. The zero-order valence-corrected chi connectivity index (χ0v) is 16.5. The molecule has 3 aromatic rings. The van der Waals surface area contributed by atoms with Gasteiger partial charge >= 0.3 is 0 Å². The van der Waals surface area contributed by atoms with Gasteiger partial charge in [0.2, 0.25) is 5.78 Å². The predicted octanol–water partition coefficient (Wildman–Crippen LogP) is 2.66. The van der Waals surface area contributed by atoms with Crippen LogP contribution in [0.15, 0.2) is 9.95 Å². The maximum absolute atomic E-state index is 13.3. The molecule has 4 rings (SSSR count). The SMILES string of the molecule is CSc1nn(CCCN(C)C)c2nc3sc4c(c3c(=O)n12)CCCC4. The third kappa shape index (κ3) is 2.90. The van der Waals surface area contributed by atoms with Crippen molar-refractivity contribution in [3.05, 3.63) is 20.8 Å². The minimum atomic E-state index is 0.0580. The molecular formula is C17H23N5OS2. The lowest BCUT2D eigenvalue weighted by atomic mass is 9.97. The topological polar surface area (TPSA) is 55.4 Å². The molecule has 1 aliphatic rings. The Labute approximate surface area is 154 Å². The largest absolute Gasteiger partial charge is 0.309 e. The Kier molecular flexibility index (Phi) is 4.59. The second-order valence-electron chi connectivity index (χ2n) is 6.81. The van der Waals surface area contributed by atoms with Gasteiger partial charge in [-0.25, -0.2) is 14.1 Å². The van der Waals surface area contributed by atoms with Gasteiger partial charge < -0.3 is 4.90 Å². The van der Waals surface area contributed by atoms with Crippen LogP contribution in [0.2, 0.25) is 0 Å². The van der Waals surface area contributed by atoms with Crippen LogP contribution < -0.4 is 5.56 Å². The van der Waals surface area contributed by atoms with Crippen LogP contribution in [0.3, 0.4) is 0 Å². The summed E-state index contributed by atoms with van der Waals surface area (Å²) in [7, 11) is 4.13. The lowest BCUT2D eigenvalue weighted by Gasteiger charge is -2.09. The molecule has 0 aromatic carbocycles. The maximum Gasteiger partial charge on any atom is 0.270 e. The summed E-state index contributed by atoms with van der Waals surface area (Å²) in [6.45, 7) is 1.76. The fraction of sp³-hybridized carbons (Fsp3) is 0.588. The van der Waals surface area contributed by atoms with Crippen LogP contribution in [0.5, 0.6) is 0 Å². The second kappa shape index (κ2) is 6.74. The summed E-state index contributed by atoms with van der Waals surface area (Å²) in [5, 5.41) is 6.21. The third-order valence-corrected chi connectivity index (χ3v) is 6.57. The van der Waals surface area contributed by atoms with Gasteiger partial charge in [-0.15, -0.1) is 16.4 Å². The first-order valence-corrected chi connectivity index (χ1v) is 10.8. The number of hydrogen-bond acceptors (Lipinski definition) is 6. The van der Waals surface area contributed by atoms with Crippen molar-refractivity contribution in [1.29, 1.82) is 0 Å². The Balaban J connectivity index is 1.89. The predicted molar refractivity (Wildman–Crippen MR) is 104 cm³/mol. The molecule has 134 valence electrons. The molecule has 25 heavy (non-hydrogen) atoms. The average molecular weight is 378 g/mol. The molecule has 3 heterocycles. The molecule has 3 aromatic heterocycles. The van der Waals surface area contributed by atoms with Crippen LogP contribution in [-0.2, 0) is 19.4 Å². The fourth-order valence-corrected chi connectivity index (χ4v) is 5.33. The standard InChI is InChI=1S/C17H23N5OS2/c1-20(2)9-6-10-21-16-18-14-13(11-7-4-5-8-12(11)25-14)15(23)22(16)17(19-21)24-3/h4-10H2,1-3H3. The molecule has 0 saturated carbocycles. The van der Waals surface area contributed by atoms with Crippen LogP contribution in [0.25, 0.3) is 16.0 Å². The van der Waals surface area contributed by atoms with Crippen LogP contribution in [0, 0.1) is 0 Å². The number of aromatic nitrogens is 4. The maximum atomic E-state index is 13.3. The van der Waals surface area contributed by atoms with Gasteiger partial charge in [0.15, 0.2) is 5.16 Å². The van der Waals surface area contributed by atoms with E-state index in [9.17, 15) is 4.79 Å². The average Bonchev–Trinajstić information content (AvgIpc) is 3.13. The fourth-order valence-electron chi connectivity index (χ4n) is 3.55. The number of thioether (sulfide) groups is 1. The lowest BCUT2D eigenvalue weighted by Crippen LogP contribution is -2.18. The quantitative estimate of drug-likeness (QED) is 0.640. The van der Waals surface area contributed by atoms with Crippen molar-refractivity contribution < 1.29 is 0 Å². The summed E-state index contributed by atoms with van der Waals surface area (Å²) in [4.78, 5) is 22.5. The minimum absolute atomic E-state index is 0.0580. The van der Waals surface area contributed by atoms with E-state index < -0.39 is 0 Å². The van der Waals surface area contributed by atoms with E-state index >= 15 is 0 Å². The van der Waals surface area contributed by atoms with Crippen molar-refractivity contribution in [2.24, 2.45) is 0 Å². The van der Waals surface area contributed by atoms with E-state index in [4.69, 9.17) is 4.98 Å². The highest BCUT2D eigenvalue weighted by Crippen LogP contribution is 2.34. The summed E-state index contributed by atoms with van der Waals surface area (Å²) < 4.78 is 3.61. The number of aryl methyl sites for hydroxylation is 3. The summed E-state index contributed by atoms with van der Waals surface area (Å²) in [6.07, 6.45) is 7.42. The normalized spacial score (nSPS) is 14.7. The van der Waals surface area contributed by atoms with E-state index in [1.807, 2.05) is 10.9 Å². The molecule has 0 spiro atoms. The number of rotatable bonds is 5. The summed E-state index contributed by atoms with van der Waals surface area (Å²) in [6, 6.07) is 0. The van der Waals surface area contributed by atoms with Crippen LogP contribution in [-0.4, -0.2) is 51.0 Å². The highest BCUT2D eigenvalue weighted by Gasteiger charge is 2.23. The van der Waals surface area contributed by atoms with Crippen molar-refractivity contribution in [2.45, 2.75) is 43.8 Å². The first-order chi connectivity index (χ1) is 12.1. The zero-order valence-electron chi connectivity index (χ0n) is 14.9. The van der Waals surface area contributed by atoms with Gasteiger partial charge in [0.1, 0.15) is 4.83 Å². The van der Waals surface area contributed by atoms with Gasteiger partial charge in [-0.2, -0.15) is 0 Å². The Bertz CT molecular complexity index is 985. The van der Waals surface area contributed by atoms with E-state index in [1.54, 1.807) is 15.7 Å². The molecule has 0 amide bonds.